The Labute approximate surface area is 179 Å². The van der Waals surface area contributed by atoms with E-state index in [2.05, 4.69) is 0 Å². The van der Waals surface area contributed by atoms with Crippen molar-refractivity contribution in [1.82, 2.24) is 4.72 Å². The van der Waals surface area contributed by atoms with E-state index in [1.807, 2.05) is 0 Å². The van der Waals surface area contributed by atoms with Crippen molar-refractivity contribution in [2.24, 2.45) is 5.92 Å². The molecule has 1 saturated carbocycles. The highest BCUT2D eigenvalue weighted by Gasteiger charge is 2.58. The summed E-state index contributed by atoms with van der Waals surface area (Å²) < 4.78 is 141. The number of alkyl halides is 4. The molecule has 1 aromatic rings. The second-order valence-corrected chi connectivity index (χ2v) is 11.6. The molecule has 178 valence electrons. The molecule has 0 spiro atoms. The average molecular weight is 507 g/mol. The van der Waals surface area contributed by atoms with Gasteiger partial charge in [-0.3, -0.25) is 0 Å². The van der Waals surface area contributed by atoms with Gasteiger partial charge in [0.1, 0.15) is 22.2 Å². The Balaban J connectivity index is 1.97. The van der Waals surface area contributed by atoms with Gasteiger partial charge in [-0.25, -0.2) is 39.1 Å². The summed E-state index contributed by atoms with van der Waals surface area (Å²) in [5.41, 5.74) is -6.22. The van der Waals surface area contributed by atoms with E-state index in [-0.39, 0.29) is 0 Å². The second kappa shape index (κ2) is 8.13. The molecule has 14 heteroatoms. The lowest BCUT2D eigenvalue weighted by Gasteiger charge is -2.48. The van der Waals surface area contributed by atoms with Crippen LogP contribution in [0.15, 0.2) is 41.1 Å². The van der Waals surface area contributed by atoms with Crippen LogP contribution in [0.25, 0.3) is 0 Å². The molecule has 0 amide bonds. The van der Waals surface area contributed by atoms with E-state index in [1.165, 1.54) is 4.72 Å². The lowest BCUT2D eigenvalue weighted by atomic mass is 9.70. The Morgan fingerprint density at radius 1 is 1.03 bits per heavy atom. The van der Waals surface area contributed by atoms with Gasteiger partial charge in [-0.1, -0.05) is 0 Å². The molecule has 1 atom stereocenters. The maximum Gasteiger partial charge on any atom is 0.511 e. The smallest absolute Gasteiger partial charge is 0.239 e. The zero-order valence-corrected chi connectivity index (χ0v) is 17.6. The summed E-state index contributed by atoms with van der Waals surface area (Å²) in [5.74, 6) is -4.33. The van der Waals surface area contributed by atoms with Crippen LogP contribution in [0.3, 0.4) is 0 Å². The van der Waals surface area contributed by atoms with Gasteiger partial charge in [-0.2, -0.15) is 13.2 Å². The first-order chi connectivity index (χ1) is 14.6. The number of hydrogen-bond acceptors (Lipinski definition) is 4. The highest BCUT2D eigenvalue weighted by molar-refractivity contribution is 7.96. The monoisotopic (exact) mass is 507 g/mol. The molecular weight excluding hydrogens is 491 g/mol. The van der Waals surface area contributed by atoms with Crippen molar-refractivity contribution in [3.05, 3.63) is 58.3 Å². The maximum absolute atomic E-state index is 14.5. The van der Waals surface area contributed by atoms with Crippen LogP contribution in [-0.2, 0) is 24.6 Å². The molecular formula is C18H16F7NO4S2. The minimum absolute atomic E-state index is 0.573. The largest absolute Gasteiger partial charge is 0.511 e. The lowest BCUT2D eigenvalue weighted by Crippen LogP contribution is -2.52. The third kappa shape index (κ3) is 4.19. The quantitative estimate of drug-likeness (QED) is 0.593. The van der Waals surface area contributed by atoms with Crippen LogP contribution in [0, 0.1) is 17.6 Å². The molecule has 0 heterocycles. The molecule has 2 aliphatic rings. The Hall–Kier alpha value is -1.93. The molecule has 32 heavy (non-hydrogen) atoms. The molecule has 3 rings (SSSR count). The molecule has 1 N–H and O–H groups in total. The van der Waals surface area contributed by atoms with Crippen molar-refractivity contribution in [2.45, 2.75) is 35.7 Å². The first-order valence-corrected chi connectivity index (χ1v) is 12.0. The van der Waals surface area contributed by atoms with Crippen molar-refractivity contribution in [3.8, 4) is 0 Å². The Morgan fingerprint density at radius 2 is 1.66 bits per heavy atom. The predicted octanol–water partition coefficient (Wildman–Crippen LogP) is 3.90. The summed E-state index contributed by atoms with van der Waals surface area (Å²) in [4.78, 5) is -0.593. The Morgan fingerprint density at radius 3 is 2.22 bits per heavy atom. The van der Waals surface area contributed by atoms with Crippen molar-refractivity contribution in [1.29, 1.82) is 0 Å². The van der Waals surface area contributed by atoms with E-state index in [0.717, 1.165) is 12.1 Å². The minimum Gasteiger partial charge on any atom is -0.239 e. The van der Waals surface area contributed by atoms with E-state index < -0.39 is 95.9 Å². The average Bonchev–Trinajstić information content (AvgIpc) is 2.64. The molecule has 0 aliphatic heterocycles. The van der Waals surface area contributed by atoms with Crippen molar-refractivity contribution >= 4 is 19.9 Å². The molecule has 0 saturated heterocycles. The van der Waals surface area contributed by atoms with Gasteiger partial charge in [-0.05, 0) is 49.1 Å². The minimum atomic E-state index is -5.70. The van der Waals surface area contributed by atoms with E-state index in [9.17, 15) is 47.6 Å². The molecule has 1 aromatic carbocycles. The van der Waals surface area contributed by atoms with Gasteiger partial charge in [0.2, 0.25) is 0 Å². The van der Waals surface area contributed by atoms with Crippen LogP contribution >= 0.6 is 0 Å². The SMILES string of the molecule is O=S(=O)(NCC1CC(c2cc(F)ccc2F)(S(=O)(=O)C2=CC=C(F)C(F)C2)C1)C(F)(F)F. The molecule has 0 bridgehead atoms. The number of benzene rings is 1. The first-order valence-electron chi connectivity index (χ1n) is 9.07. The zero-order valence-electron chi connectivity index (χ0n) is 16.0. The van der Waals surface area contributed by atoms with Crippen LogP contribution in [0.4, 0.5) is 30.7 Å². The molecule has 0 aromatic heterocycles. The van der Waals surface area contributed by atoms with Crippen LogP contribution in [-0.4, -0.2) is 35.1 Å². The fourth-order valence-electron chi connectivity index (χ4n) is 3.83. The Kier molecular flexibility index (Phi) is 6.28. The number of halogens is 7. The molecule has 2 aliphatic carbocycles. The van der Waals surface area contributed by atoms with E-state index >= 15 is 0 Å². The number of hydrogen-bond donors (Lipinski definition) is 1. The summed E-state index contributed by atoms with van der Waals surface area (Å²) in [6.07, 6.45) is -2.93. The maximum atomic E-state index is 14.5. The summed E-state index contributed by atoms with van der Waals surface area (Å²) >= 11 is 0. The normalized spacial score (nSPS) is 26.8. The summed E-state index contributed by atoms with van der Waals surface area (Å²) in [5, 5.41) is 0. The molecule has 5 nitrogen and oxygen atoms in total. The van der Waals surface area contributed by atoms with Gasteiger partial charge in [0.25, 0.3) is 0 Å². The van der Waals surface area contributed by atoms with E-state index in [0.29, 0.717) is 18.2 Å². The predicted molar refractivity (Wildman–Crippen MR) is 99.4 cm³/mol. The highest BCUT2D eigenvalue weighted by Crippen LogP contribution is 2.55. The first kappa shape index (κ1) is 24.7. The van der Waals surface area contributed by atoms with Crippen molar-refractivity contribution in [3.63, 3.8) is 0 Å². The summed E-state index contributed by atoms with van der Waals surface area (Å²) in [7, 11) is -10.3. The van der Waals surface area contributed by atoms with Crippen LogP contribution in [0.2, 0.25) is 0 Å². The van der Waals surface area contributed by atoms with Crippen LogP contribution < -0.4 is 4.72 Å². The lowest BCUT2D eigenvalue weighted by molar-refractivity contribution is -0.0449. The fourth-order valence-corrected chi connectivity index (χ4v) is 6.92. The molecule has 1 unspecified atom stereocenters. The van der Waals surface area contributed by atoms with Crippen LogP contribution in [0.1, 0.15) is 24.8 Å². The number of rotatable bonds is 6. The van der Waals surface area contributed by atoms with E-state index in [4.69, 9.17) is 0 Å². The number of nitrogens with one attached hydrogen (secondary N) is 1. The van der Waals surface area contributed by atoms with Gasteiger partial charge in [0, 0.05) is 23.4 Å². The highest BCUT2D eigenvalue weighted by atomic mass is 32.2. The van der Waals surface area contributed by atoms with Gasteiger partial charge >= 0.3 is 15.5 Å². The van der Waals surface area contributed by atoms with Gasteiger partial charge in [0.05, 0.1) is 0 Å². The summed E-state index contributed by atoms with van der Waals surface area (Å²) in [6.45, 7) is -0.810. The van der Waals surface area contributed by atoms with Gasteiger partial charge in [0.15, 0.2) is 16.0 Å². The Bertz CT molecular complexity index is 1180. The fraction of sp³-hybridized carbons (Fsp3) is 0.444. The second-order valence-electron chi connectivity index (χ2n) is 7.55. The third-order valence-corrected chi connectivity index (χ3v) is 9.22. The number of sulfone groups is 1. The number of sulfonamides is 1. The number of allylic oxidation sites excluding steroid dienone is 4. The topological polar surface area (TPSA) is 80.3 Å². The van der Waals surface area contributed by atoms with Gasteiger partial charge < -0.3 is 0 Å². The molecule has 0 radical (unpaired) electrons. The van der Waals surface area contributed by atoms with Crippen LogP contribution in [0.5, 0.6) is 0 Å². The molecule has 1 fully saturated rings. The van der Waals surface area contributed by atoms with Crippen molar-refractivity contribution < 1.29 is 47.6 Å². The van der Waals surface area contributed by atoms with E-state index in [1.54, 1.807) is 0 Å². The standard InChI is InChI=1S/C18H16F7NO4S2/c19-11-1-3-14(20)13(5-11)17(31(27,28)12-2-4-15(21)16(22)6-12)7-10(8-17)9-26-32(29,30)18(23,24)25/h1-5,10,16,26H,6-9H2. The van der Waals surface area contributed by atoms with Gasteiger partial charge in [-0.15, -0.1) is 0 Å². The third-order valence-electron chi connectivity index (χ3n) is 5.49. The van der Waals surface area contributed by atoms with Crippen molar-refractivity contribution in [2.75, 3.05) is 6.54 Å². The summed E-state index contributed by atoms with van der Waals surface area (Å²) in [6, 6.07) is 1.99. The zero-order chi connectivity index (χ0) is 24.1.